The van der Waals surface area contributed by atoms with Crippen LogP contribution in [0.5, 0.6) is 0 Å². The Morgan fingerprint density at radius 3 is 2.82 bits per heavy atom. The van der Waals surface area contributed by atoms with Crippen LogP contribution in [0.3, 0.4) is 0 Å². The Morgan fingerprint density at radius 2 is 2.14 bits per heavy atom. The molecule has 0 saturated heterocycles. The van der Waals surface area contributed by atoms with Crippen LogP contribution in [0.2, 0.25) is 0 Å². The highest BCUT2D eigenvalue weighted by molar-refractivity contribution is 5.84. The van der Waals surface area contributed by atoms with Gasteiger partial charge in [0.05, 0.1) is 0 Å². The monoisotopic (exact) mass is 306 g/mol. The van der Waals surface area contributed by atoms with E-state index in [4.69, 9.17) is 4.74 Å². The number of nitrogens with zero attached hydrogens (tertiary/aromatic N) is 4. The Bertz CT molecular complexity index is 586. The van der Waals surface area contributed by atoms with Gasteiger partial charge in [-0.15, -0.1) is 6.58 Å². The number of aryl methyl sites for hydroxylation is 1. The molecule has 0 aromatic carbocycles. The lowest BCUT2D eigenvalue weighted by atomic mass is 10.0. The van der Waals surface area contributed by atoms with Crippen LogP contribution in [0, 0.1) is 5.92 Å². The van der Waals surface area contributed by atoms with E-state index in [9.17, 15) is 9.59 Å². The topological polar surface area (TPSA) is 79.0 Å². The summed E-state index contributed by atoms with van der Waals surface area (Å²) in [5.41, 5.74) is -0.385. The number of hydrogen-bond donors (Lipinski definition) is 0. The third-order valence-corrected chi connectivity index (χ3v) is 2.99. The van der Waals surface area contributed by atoms with E-state index in [1.54, 1.807) is 0 Å². The molecule has 1 heterocycles. The number of ether oxygens (including phenoxy) is 1. The normalized spacial score (nSPS) is 12.2. The summed E-state index contributed by atoms with van der Waals surface area (Å²) >= 11 is 0. The lowest BCUT2D eigenvalue weighted by Crippen LogP contribution is -2.23. The molecular weight excluding hydrogens is 284 g/mol. The van der Waals surface area contributed by atoms with Crippen molar-refractivity contribution >= 4 is 12.2 Å². The summed E-state index contributed by atoms with van der Waals surface area (Å²) in [5.74, 6) is -0.0395. The summed E-state index contributed by atoms with van der Waals surface area (Å²) in [6, 6.07) is 0. The minimum absolute atomic E-state index is 0.119. The predicted molar refractivity (Wildman–Crippen MR) is 84.0 cm³/mol. The van der Waals surface area contributed by atoms with E-state index in [1.807, 2.05) is 6.08 Å². The Balaban J connectivity index is 2.52. The van der Waals surface area contributed by atoms with E-state index in [2.05, 4.69) is 30.5 Å². The maximum absolute atomic E-state index is 12.0. The van der Waals surface area contributed by atoms with Crippen molar-refractivity contribution < 1.29 is 9.53 Å². The smallest absolute Gasteiger partial charge is 0.367 e. The van der Waals surface area contributed by atoms with Crippen molar-refractivity contribution in [3.63, 3.8) is 0 Å². The molecule has 0 amide bonds. The highest BCUT2D eigenvalue weighted by Gasteiger charge is 2.06. The number of rotatable bonds is 10. The quantitative estimate of drug-likeness (QED) is 0.373. The zero-order valence-corrected chi connectivity index (χ0v) is 12.9. The SMILES string of the molecule is C=CCOC(=O)/C=C\n1nnn(CCCC(C)CC=C)c1=O. The molecule has 7 nitrogen and oxygen atoms in total. The molecule has 1 rings (SSSR count). The van der Waals surface area contributed by atoms with Gasteiger partial charge in [0.1, 0.15) is 6.61 Å². The maximum atomic E-state index is 12.0. The molecule has 0 fully saturated rings. The van der Waals surface area contributed by atoms with Gasteiger partial charge in [0.2, 0.25) is 0 Å². The Hall–Kier alpha value is -2.44. The molecular formula is C15H22N4O3. The van der Waals surface area contributed by atoms with Crippen molar-refractivity contribution in [2.24, 2.45) is 5.92 Å². The van der Waals surface area contributed by atoms with Crippen LogP contribution in [0.1, 0.15) is 26.2 Å². The second-order valence-electron chi connectivity index (χ2n) is 4.94. The van der Waals surface area contributed by atoms with Crippen molar-refractivity contribution in [1.82, 2.24) is 19.8 Å². The lowest BCUT2D eigenvalue weighted by molar-refractivity contribution is -0.136. The predicted octanol–water partition coefficient (Wildman–Crippen LogP) is 1.63. The second kappa shape index (κ2) is 9.49. The number of aromatic nitrogens is 4. The molecule has 1 aromatic rings. The van der Waals surface area contributed by atoms with Crippen molar-refractivity contribution in [2.45, 2.75) is 32.7 Å². The Morgan fingerprint density at radius 1 is 1.36 bits per heavy atom. The van der Waals surface area contributed by atoms with Crippen molar-refractivity contribution in [3.8, 4) is 0 Å². The van der Waals surface area contributed by atoms with Gasteiger partial charge in [0, 0.05) is 18.8 Å². The summed E-state index contributed by atoms with van der Waals surface area (Å²) in [6.07, 6.45) is 8.48. The molecule has 120 valence electrons. The third kappa shape index (κ3) is 5.90. The van der Waals surface area contributed by atoms with Gasteiger partial charge in [-0.3, -0.25) is 0 Å². The number of carbonyl (C=O) groups is 1. The van der Waals surface area contributed by atoms with Gasteiger partial charge in [0.25, 0.3) is 0 Å². The van der Waals surface area contributed by atoms with Crippen LogP contribution in [-0.4, -0.2) is 32.4 Å². The minimum Gasteiger partial charge on any atom is -0.458 e. The van der Waals surface area contributed by atoms with Gasteiger partial charge >= 0.3 is 11.7 Å². The van der Waals surface area contributed by atoms with Crippen LogP contribution < -0.4 is 5.69 Å². The maximum Gasteiger partial charge on any atom is 0.367 e. The summed E-state index contributed by atoms with van der Waals surface area (Å²) < 4.78 is 7.03. The molecule has 0 spiro atoms. The van der Waals surface area contributed by atoms with Crippen molar-refractivity contribution in [3.05, 3.63) is 41.9 Å². The van der Waals surface area contributed by atoms with Crippen LogP contribution in [-0.2, 0) is 16.1 Å². The zero-order chi connectivity index (χ0) is 16.4. The summed E-state index contributed by atoms with van der Waals surface area (Å²) in [6.45, 7) is 9.89. The first kappa shape index (κ1) is 17.6. The molecule has 0 N–H and O–H groups in total. The molecule has 7 heteroatoms. The molecule has 0 bridgehead atoms. The van der Waals surface area contributed by atoms with Crippen LogP contribution in [0.15, 0.2) is 36.2 Å². The summed E-state index contributed by atoms with van der Waals surface area (Å²) in [4.78, 5) is 23.2. The molecule has 1 atom stereocenters. The fourth-order valence-corrected chi connectivity index (χ4v) is 1.83. The van der Waals surface area contributed by atoms with Gasteiger partial charge in [0.15, 0.2) is 0 Å². The highest BCUT2D eigenvalue weighted by atomic mass is 16.5. The van der Waals surface area contributed by atoms with Gasteiger partial charge in [-0.25, -0.2) is 9.59 Å². The molecule has 0 aliphatic heterocycles. The first-order valence-corrected chi connectivity index (χ1v) is 7.17. The fourth-order valence-electron chi connectivity index (χ4n) is 1.83. The molecule has 1 aromatic heterocycles. The average Bonchev–Trinajstić information content (AvgIpc) is 2.84. The second-order valence-corrected chi connectivity index (χ2v) is 4.94. The largest absolute Gasteiger partial charge is 0.458 e. The van der Waals surface area contributed by atoms with E-state index in [1.165, 1.54) is 17.0 Å². The number of allylic oxidation sites excluding steroid dienone is 1. The minimum atomic E-state index is -0.570. The van der Waals surface area contributed by atoms with Gasteiger partial charge < -0.3 is 4.74 Å². The summed E-state index contributed by atoms with van der Waals surface area (Å²) in [5, 5.41) is 7.46. The van der Waals surface area contributed by atoms with E-state index in [0.717, 1.165) is 30.0 Å². The van der Waals surface area contributed by atoms with Gasteiger partial charge in [-0.2, -0.15) is 9.36 Å². The van der Waals surface area contributed by atoms with Crippen LogP contribution in [0.25, 0.3) is 6.20 Å². The van der Waals surface area contributed by atoms with Gasteiger partial charge in [-0.1, -0.05) is 25.7 Å². The summed E-state index contributed by atoms with van der Waals surface area (Å²) in [7, 11) is 0. The average molecular weight is 306 g/mol. The first-order valence-electron chi connectivity index (χ1n) is 7.17. The molecule has 0 saturated carbocycles. The van der Waals surface area contributed by atoms with E-state index < -0.39 is 5.97 Å². The zero-order valence-electron chi connectivity index (χ0n) is 12.9. The van der Waals surface area contributed by atoms with Crippen LogP contribution >= 0.6 is 0 Å². The van der Waals surface area contributed by atoms with Gasteiger partial charge in [-0.05, 0) is 35.6 Å². The standard InChI is InChI=1S/C15H22N4O3/c1-4-7-13(3)8-6-10-18-15(21)19(17-16-18)11-9-14(20)22-12-5-2/h4-5,9,11,13H,1-2,6-8,10,12H2,3H3/b11-9-. The van der Waals surface area contributed by atoms with Crippen molar-refractivity contribution in [2.75, 3.05) is 6.61 Å². The van der Waals surface area contributed by atoms with E-state index in [-0.39, 0.29) is 12.3 Å². The number of esters is 1. The molecule has 0 radical (unpaired) electrons. The van der Waals surface area contributed by atoms with Crippen LogP contribution in [0.4, 0.5) is 0 Å². The lowest BCUT2D eigenvalue weighted by Gasteiger charge is -2.06. The highest BCUT2D eigenvalue weighted by Crippen LogP contribution is 2.10. The number of tetrazole rings is 1. The number of carbonyl (C=O) groups excluding carboxylic acids is 1. The molecule has 0 aliphatic rings. The molecule has 1 unspecified atom stereocenters. The first-order chi connectivity index (χ1) is 10.6. The molecule has 22 heavy (non-hydrogen) atoms. The Kier molecular flexibility index (Phi) is 7.60. The van der Waals surface area contributed by atoms with E-state index in [0.29, 0.717) is 12.5 Å². The molecule has 0 aliphatic carbocycles. The Labute approximate surface area is 129 Å². The third-order valence-electron chi connectivity index (χ3n) is 2.99. The number of hydrogen-bond acceptors (Lipinski definition) is 5. The fraction of sp³-hybridized carbons (Fsp3) is 0.467. The van der Waals surface area contributed by atoms with E-state index >= 15 is 0 Å². The van der Waals surface area contributed by atoms with Crippen molar-refractivity contribution in [1.29, 1.82) is 0 Å².